The Morgan fingerprint density at radius 3 is 2.77 bits per heavy atom. The molecule has 0 saturated carbocycles. The highest BCUT2D eigenvalue weighted by Gasteiger charge is 2.05. The first-order chi connectivity index (χ1) is 6.15. The lowest BCUT2D eigenvalue weighted by Gasteiger charge is -2.14. The van der Waals surface area contributed by atoms with E-state index in [1.807, 2.05) is 19.1 Å². The predicted octanol–water partition coefficient (Wildman–Crippen LogP) is 2.75. The van der Waals surface area contributed by atoms with Gasteiger partial charge in [0.2, 0.25) is 0 Å². The van der Waals surface area contributed by atoms with Crippen molar-refractivity contribution in [1.29, 1.82) is 0 Å². The van der Waals surface area contributed by atoms with Crippen LogP contribution in [0.2, 0.25) is 10.0 Å². The van der Waals surface area contributed by atoms with Crippen molar-refractivity contribution in [3.63, 3.8) is 0 Å². The number of anilines is 1. The number of benzene rings is 1. The first-order valence-electron chi connectivity index (χ1n) is 4.05. The van der Waals surface area contributed by atoms with Crippen LogP contribution in [0.5, 0.6) is 0 Å². The number of rotatable bonds is 3. The summed E-state index contributed by atoms with van der Waals surface area (Å²) in [7, 11) is 0. The van der Waals surface area contributed by atoms with Gasteiger partial charge < -0.3 is 11.1 Å². The van der Waals surface area contributed by atoms with E-state index in [4.69, 9.17) is 28.9 Å². The van der Waals surface area contributed by atoms with Crippen LogP contribution in [0, 0.1) is 0 Å². The molecule has 2 nitrogen and oxygen atoms in total. The molecule has 0 saturated heterocycles. The van der Waals surface area contributed by atoms with E-state index >= 15 is 0 Å². The number of hydrogen-bond acceptors (Lipinski definition) is 2. The van der Waals surface area contributed by atoms with E-state index in [1.165, 1.54) is 0 Å². The predicted molar refractivity (Wildman–Crippen MR) is 58.6 cm³/mol. The molecule has 3 N–H and O–H groups in total. The zero-order chi connectivity index (χ0) is 9.84. The summed E-state index contributed by atoms with van der Waals surface area (Å²) in [5.41, 5.74) is 6.30. The van der Waals surface area contributed by atoms with Gasteiger partial charge in [0.25, 0.3) is 0 Å². The molecule has 1 rings (SSSR count). The standard InChI is InChI=1S/C9H12Cl2N2/c1-6(5-12)13-8-4-2-3-7(10)9(8)11/h2-4,6,13H,5,12H2,1H3. The summed E-state index contributed by atoms with van der Waals surface area (Å²) in [6, 6.07) is 5.67. The van der Waals surface area contributed by atoms with E-state index in [2.05, 4.69) is 5.32 Å². The minimum absolute atomic E-state index is 0.191. The Balaban J connectivity index is 2.83. The molecular formula is C9H12Cl2N2. The van der Waals surface area contributed by atoms with Crippen LogP contribution >= 0.6 is 23.2 Å². The van der Waals surface area contributed by atoms with Gasteiger partial charge in [-0.25, -0.2) is 0 Å². The quantitative estimate of drug-likeness (QED) is 0.820. The Hall–Kier alpha value is -0.440. The van der Waals surface area contributed by atoms with E-state index in [1.54, 1.807) is 6.07 Å². The highest BCUT2D eigenvalue weighted by molar-refractivity contribution is 6.43. The van der Waals surface area contributed by atoms with Crippen molar-refractivity contribution in [3.05, 3.63) is 28.2 Å². The summed E-state index contributed by atoms with van der Waals surface area (Å²) in [6.45, 7) is 2.54. The lowest BCUT2D eigenvalue weighted by atomic mass is 10.2. The second-order valence-corrected chi connectivity index (χ2v) is 3.67. The third kappa shape index (κ3) is 2.76. The number of nitrogens with two attached hydrogens (primary N) is 1. The van der Waals surface area contributed by atoms with Crippen molar-refractivity contribution >= 4 is 28.9 Å². The molecule has 72 valence electrons. The molecule has 0 aromatic heterocycles. The normalized spacial score (nSPS) is 12.6. The fourth-order valence-corrected chi connectivity index (χ4v) is 1.29. The zero-order valence-corrected chi connectivity index (χ0v) is 8.86. The minimum atomic E-state index is 0.191. The maximum absolute atomic E-state index is 5.96. The molecule has 0 amide bonds. The fourth-order valence-electron chi connectivity index (χ4n) is 0.940. The molecule has 0 radical (unpaired) electrons. The van der Waals surface area contributed by atoms with Crippen molar-refractivity contribution in [1.82, 2.24) is 0 Å². The average molecular weight is 219 g/mol. The van der Waals surface area contributed by atoms with E-state index in [0.717, 1.165) is 5.69 Å². The molecule has 1 atom stereocenters. The van der Waals surface area contributed by atoms with Crippen molar-refractivity contribution in [2.24, 2.45) is 5.73 Å². The second-order valence-electron chi connectivity index (χ2n) is 2.88. The molecular weight excluding hydrogens is 207 g/mol. The number of nitrogens with one attached hydrogen (secondary N) is 1. The van der Waals surface area contributed by atoms with Crippen LogP contribution in [-0.2, 0) is 0 Å². The van der Waals surface area contributed by atoms with Crippen molar-refractivity contribution in [3.8, 4) is 0 Å². The molecule has 1 unspecified atom stereocenters. The molecule has 0 spiro atoms. The molecule has 0 heterocycles. The topological polar surface area (TPSA) is 38.0 Å². The lowest BCUT2D eigenvalue weighted by Crippen LogP contribution is -2.25. The van der Waals surface area contributed by atoms with Gasteiger partial charge in [0.05, 0.1) is 15.7 Å². The molecule has 1 aromatic rings. The Bertz CT molecular complexity index is 289. The summed E-state index contributed by atoms with van der Waals surface area (Å²) in [4.78, 5) is 0. The van der Waals surface area contributed by atoms with Gasteiger partial charge in [-0.3, -0.25) is 0 Å². The van der Waals surface area contributed by atoms with Crippen molar-refractivity contribution in [2.75, 3.05) is 11.9 Å². The molecule has 0 bridgehead atoms. The molecule has 0 aliphatic heterocycles. The zero-order valence-electron chi connectivity index (χ0n) is 7.35. The molecule has 13 heavy (non-hydrogen) atoms. The van der Waals surface area contributed by atoms with E-state index in [9.17, 15) is 0 Å². The monoisotopic (exact) mass is 218 g/mol. The summed E-state index contributed by atoms with van der Waals surface area (Å²) >= 11 is 11.8. The summed E-state index contributed by atoms with van der Waals surface area (Å²) < 4.78 is 0. The largest absolute Gasteiger partial charge is 0.380 e. The smallest absolute Gasteiger partial charge is 0.0823 e. The Morgan fingerprint density at radius 1 is 1.46 bits per heavy atom. The van der Waals surface area contributed by atoms with Crippen molar-refractivity contribution < 1.29 is 0 Å². The minimum Gasteiger partial charge on any atom is -0.380 e. The fraction of sp³-hybridized carbons (Fsp3) is 0.333. The maximum Gasteiger partial charge on any atom is 0.0823 e. The lowest BCUT2D eigenvalue weighted by molar-refractivity contribution is 0.804. The average Bonchev–Trinajstić information content (AvgIpc) is 2.13. The molecule has 1 aromatic carbocycles. The highest BCUT2D eigenvalue weighted by Crippen LogP contribution is 2.29. The molecule has 4 heteroatoms. The summed E-state index contributed by atoms with van der Waals surface area (Å²) in [6.07, 6.45) is 0. The van der Waals surface area contributed by atoms with Crippen LogP contribution in [0.3, 0.4) is 0 Å². The number of hydrogen-bond donors (Lipinski definition) is 2. The van der Waals surface area contributed by atoms with Gasteiger partial charge in [-0.05, 0) is 19.1 Å². The van der Waals surface area contributed by atoms with Gasteiger partial charge in [0.1, 0.15) is 0 Å². The maximum atomic E-state index is 5.96. The van der Waals surface area contributed by atoms with Crippen molar-refractivity contribution in [2.45, 2.75) is 13.0 Å². The van der Waals surface area contributed by atoms with Gasteiger partial charge in [0.15, 0.2) is 0 Å². The first kappa shape index (κ1) is 10.6. The van der Waals surface area contributed by atoms with Crippen LogP contribution in [0.25, 0.3) is 0 Å². The first-order valence-corrected chi connectivity index (χ1v) is 4.81. The van der Waals surface area contributed by atoms with Gasteiger partial charge in [-0.1, -0.05) is 29.3 Å². The Morgan fingerprint density at radius 2 is 2.15 bits per heavy atom. The van der Waals surface area contributed by atoms with Crippen LogP contribution in [0.4, 0.5) is 5.69 Å². The second kappa shape index (κ2) is 4.70. The number of halogens is 2. The third-order valence-corrected chi connectivity index (χ3v) is 2.53. The van der Waals surface area contributed by atoms with E-state index in [-0.39, 0.29) is 6.04 Å². The third-order valence-electron chi connectivity index (χ3n) is 1.71. The van der Waals surface area contributed by atoms with Gasteiger partial charge >= 0.3 is 0 Å². The van der Waals surface area contributed by atoms with Gasteiger partial charge in [-0.2, -0.15) is 0 Å². The van der Waals surface area contributed by atoms with E-state index < -0.39 is 0 Å². The summed E-state index contributed by atoms with van der Waals surface area (Å²) in [5, 5.41) is 4.26. The van der Waals surface area contributed by atoms with Crippen LogP contribution in [0.15, 0.2) is 18.2 Å². The van der Waals surface area contributed by atoms with Gasteiger partial charge in [-0.15, -0.1) is 0 Å². The Labute approximate surface area is 88.0 Å². The van der Waals surface area contributed by atoms with Crippen LogP contribution < -0.4 is 11.1 Å². The summed E-state index contributed by atoms with van der Waals surface area (Å²) in [5.74, 6) is 0. The molecule has 0 aliphatic carbocycles. The van der Waals surface area contributed by atoms with Crippen LogP contribution in [0.1, 0.15) is 6.92 Å². The van der Waals surface area contributed by atoms with Crippen LogP contribution in [-0.4, -0.2) is 12.6 Å². The SMILES string of the molecule is CC(CN)Nc1cccc(Cl)c1Cl. The van der Waals surface area contributed by atoms with E-state index in [0.29, 0.717) is 16.6 Å². The molecule has 0 fully saturated rings. The Kier molecular flexibility index (Phi) is 3.85. The highest BCUT2D eigenvalue weighted by atomic mass is 35.5. The molecule has 0 aliphatic rings. The van der Waals surface area contributed by atoms with Gasteiger partial charge in [0, 0.05) is 12.6 Å².